The summed E-state index contributed by atoms with van der Waals surface area (Å²) in [7, 11) is 0. The number of hydrogen-bond donors (Lipinski definition) is 4. The number of nitrogens with one attached hydrogen (secondary N) is 2. The molecule has 0 aromatic carbocycles. The van der Waals surface area contributed by atoms with Gasteiger partial charge in [-0.15, -0.1) is 0 Å². The molecule has 7 nitrogen and oxygen atoms in total. The minimum atomic E-state index is -1.11. The topological polar surface area (TPSA) is 122 Å². The number of rotatable bonds is 5. The predicted octanol–water partition coefficient (Wildman–Crippen LogP) is -1.82. The number of nitrogens with two attached hydrogens (primary N) is 1. The summed E-state index contributed by atoms with van der Waals surface area (Å²) >= 11 is 0. The number of amides is 2. The zero-order chi connectivity index (χ0) is 12.1. The van der Waals surface area contributed by atoms with E-state index in [0.29, 0.717) is 12.8 Å². The second-order valence-corrected chi connectivity index (χ2v) is 3.75. The Morgan fingerprint density at radius 1 is 1.62 bits per heavy atom. The molecular weight excluding hydrogens is 214 g/mol. The molecule has 1 rings (SSSR count). The largest absolute Gasteiger partial charge is 0.481 e. The van der Waals surface area contributed by atoms with Gasteiger partial charge in [-0.2, -0.15) is 0 Å². The number of aliphatic carboxylic acids is 1. The van der Waals surface area contributed by atoms with Crippen LogP contribution in [0.4, 0.5) is 0 Å². The summed E-state index contributed by atoms with van der Waals surface area (Å²) in [5, 5.41) is 13.6. The summed E-state index contributed by atoms with van der Waals surface area (Å²) in [6, 6.07) is -1.12. The second kappa shape index (κ2) is 5.45. The van der Waals surface area contributed by atoms with E-state index in [0.717, 1.165) is 0 Å². The minimum Gasteiger partial charge on any atom is -0.481 e. The van der Waals surface area contributed by atoms with Gasteiger partial charge < -0.3 is 21.5 Å². The van der Waals surface area contributed by atoms with Crippen molar-refractivity contribution in [3.8, 4) is 0 Å². The van der Waals surface area contributed by atoms with Gasteiger partial charge in [0.05, 0.1) is 12.5 Å². The first-order chi connectivity index (χ1) is 7.49. The average molecular weight is 229 g/mol. The van der Waals surface area contributed by atoms with E-state index < -0.39 is 24.3 Å². The molecule has 0 spiro atoms. The number of carbonyl (C=O) groups is 3. The van der Waals surface area contributed by atoms with Gasteiger partial charge in [0.15, 0.2) is 0 Å². The molecule has 1 fully saturated rings. The molecule has 1 aliphatic heterocycles. The van der Waals surface area contributed by atoms with E-state index in [4.69, 9.17) is 10.8 Å². The molecule has 1 saturated heterocycles. The van der Waals surface area contributed by atoms with Crippen LogP contribution in [0.3, 0.4) is 0 Å². The Hall–Kier alpha value is -1.63. The Kier molecular flexibility index (Phi) is 4.24. The predicted molar refractivity (Wildman–Crippen MR) is 54.4 cm³/mol. The molecule has 0 aromatic heterocycles. The maximum absolute atomic E-state index is 11.3. The van der Waals surface area contributed by atoms with Crippen molar-refractivity contribution >= 4 is 17.8 Å². The Morgan fingerprint density at radius 2 is 2.31 bits per heavy atom. The molecule has 2 amide bonds. The standard InChI is InChI=1S/C9H15N3O4/c10-6(3-8(14)15)9(16)11-4-5-1-2-7(13)12-5/h5-6H,1-4,10H2,(H,11,16)(H,12,13)(H,14,15). The second-order valence-electron chi connectivity index (χ2n) is 3.75. The lowest BCUT2D eigenvalue weighted by molar-refractivity contribution is -0.139. The normalized spacial score (nSPS) is 21.3. The highest BCUT2D eigenvalue weighted by molar-refractivity contribution is 5.86. The molecule has 0 bridgehead atoms. The first kappa shape index (κ1) is 12.4. The molecule has 1 heterocycles. The van der Waals surface area contributed by atoms with Gasteiger partial charge in [0, 0.05) is 19.0 Å². The summed E-state index contributed by atoms with van der Waals surface area (Å²) in [6.45, 7) is 0.290. The smallest absolute Gasteiger partial charge is 0.305 e. The van der Waals surface area contributed by atoms with Gasteiger partial charge in [0.25, 0.3) is 0 Å². The fraction of sp³-hybridized carbons (Fsp3) is 0.667. The van der Waals surface area contributed by atoms with Gasteiger partial charge >= 0.3 is 5.97 Å². The van der Waals surface area contributed by atoms with Crippen molar-refractivity contribution in [3.05, 3.63) is 0 Å². The van der Waals surface area contributed by atoms with Crippen LogP contribution in [-0.4, -0.2) is 41.5 Å². The zero-order valence-corrected chi connectivity index (χ0v) is 8.73. The molecule has 2 atom stereocenters. The number of carboxylic acids is 1. The van der Waals surface area contributed by atoms with E-state index in [1.807, 2.05) is 0 Å². The van der Waals surface area contributed by atoms with Crippen LogP contribution in [0.1, 0.15) is 19.3 Å². The van der Waals surface area contributed by atoms with Crippen LogP contribution in [0.2, 0.25) is 0 Å². The van der Waals surface area contributed by atoms with Gasteiger partial charge in [0.1, 0.15) is 0 Å². The van der Waals surface area contributed by atoms with Crippen LogP contribution in [0.15, 0.2) is 0 Å². The van der Waals surface area contributed by atoms with E-state index in [-0.39, 0.29) is 18.5 Å². The summed E-state index contributed by atoms with van der Waals surface area (Å²) in [6.07, 6.45) is 0.734. The van der Waals surface area contributed by atoms with Crippen molar-refractivity contribution in [2.75, 3.05) is 6.54 Å². The van der Waals surface area contributed by atoms with E-state index >= 15 is 0 Å². The highest BCUT2D eigenvalue weighted by Gasteiger charge is 2.22. The first-order valence-corrected chi connectivity index (χ1v) is 5.03. The molecule has 0 aromatic rings. The molecule has 90 valence electrons. The molecule has 2 unspecified atom stereocenters. The van der Waals surface area contributed by atoms with Crippen LogP contribution in [-0.2, 0) is 14.4 Å². The van der Waals surface area contributed by atoms with E-state index in [2.05, 4.69) is 10.6 Å². The lowest BCUT2D eigenvalue weighted by atomic mass is 10.2. The van der Waals surface area contributed by atoms with Crippen molar-refractivity contribution in [2.45, 2.75) is 31.3 Å². The Balaban J connectivity index is 2.24. The molecule has 0 saturated carbocycles. The van der Waals surface area contributed by atoms with Crippen LogP contribution in [0, 0.1) is 0 Å². The van der Waals surface area contributed by atoms with Crippen molar-refractivity contribution < 1.29 is 19.5 Å². The highest BCUT2D eigenvalue weighted by Crippen LogP contribution is 2.04. The van der Waals surface area contributed by atoms with Crippen molar-refractivity contribution in [3.63, 3.8) is 0 Å². The van der Waals surface area contributed by atoms with Gasteiger partial charge in [0.2, 0.25) is 11.8 Å². The highest BCUT2D eigenvalue weighted by atomic mass is 16.4. The van der Waals surface area contributed by atoms with Crippen molar-refractivity contribution in [1.29, 1.82) is 0 Å². The summed E-state index contributed by atoms with van der Waals surface area (Å²) in [4.78, 5) is 32.5. The zero-order valence-electron chi connectivity index (χ0n) is 8.73. The maximum Gasteiger partial charge on any atom is 0.305 e. The molecule has 5 N–H and O–H groups in total. The summed E-state index contributed by atoms with van der Waals surface area (Å²) in [5.74, 6) is -1.66. The number of hydrogen-bond acceptors (Lipinski definition) is 4. The van der Waals surface area contributed by atoms with E-state index in [1.165, 1.54) is 0 Å². The lowest BCUT2D eigenvalue weighted by Gasteiger charge is -2.13. The maximum atomic E-state index is 11.3. The van der Waals surface area contributed by atoms with Crippen molar-refractivity contribution in [1.82, 2.24) is 10.6 Å². The summed E-state index contributed by atoms with van der Waals surface area (Å²) in [5.41, 5.74) is 5.35. The first-order valence-electron chi connectivity index (χ1n) is 5.03. The van der Waals surface area contributed by atoms with Crippen LogP contribution < -0.4 is 16.4 Å². The molecule has 0 radical (unpaired) electrons. The quantitative estimate of drug-likeness (QED) is 0.442. The Bertz CT molecular complexity index is 305. The van der Waals surface area contributed by atoms with Gasteiger partial charge in [-0.25, -0.2) is 0 Å². The number of carboxylic acid groups (broad SMARTS) is 1. The molecule has 0 aliphatic carbocycles. The third-order valence-electron chi connectivity index (χ3n) is 2.34. The molecule has 16 heavy (non-hydrogen) atoms. The van der Waals surface area contributed by atoms with Crippen LogP contribution >= 0.6 is 0 Å². The van der Waals surface area contributed by atoms with Gasteiger partial charge in [-0.1, -0.05) is 0 Å². The Labute approximate surface area is 92.4 Å². The summed E-state index contributed by atoms with van der Waals surface area (Å²) < 4.78 is 0. The third-order valence-corrected chi connectivity index (χ3v) is 2.34. The SMILES string of the molecule is NC(CC(=O)O)C(=O)NCC1CCC(=O)N1. The minimum absolute atomic E-state index is 0.0333. The number of carbonyl (C=O) groups excluding carboxylic acids is 2. The lowest BCUT2D eigenvalue weighted by Crippen LogP contribution is -2.46. The fourth-order valence-electron chi connectivity index (χ4n) is 1.47. The van der Waals surface area contributed by atoms with Gasteiger partial charge in [-0.3, -0.25) is 14.4 Å². The van der Waals surface area contributed by atoms with Gasteiger partial charge in [-0.05, 0) is 6.42 Å². The fourth-order valence-corrected chi connectivity index (χ4v) is 1.47. The molecule has 1 aliphatic rings. The third kappa shape index (κ3) is 3.85. The monoisotopic (exact) mass is 229 g/mol. The molecule has 7 heteroatoms. The van der Waals surface area contributed by atoms with Crippen LogP contribution in [0.5, 0.6) is 0 Å². The Morgan fingerprint density at radius 3 is 2.81 bits per heavy atom. The van der Waals surface area contributed by atoms with E-state index in [1.54, 1.807) is 0 Å². The molecular formula is C9H15N3O4. The van der Waals surface area contributed by atoms with Crippen LogP contribution in [0.25, 0.3) is 0 Å². The average Bonchev–Trinajstić information content (AvgIpc) is 2.59. The van der Waals surface area contributed by atoms with Crippen molar-refractivity contribution in [2.24, 2.45) is 5.73 Å². The van der Waals surface area contributed by atoms with E-state index in [9.17, 15) is 14.4 Å².